The van der Waals surface area contributed by atoms with Crippen molar-refractivity contribution < 1.29 is 4.84 Å². The van der Waals surface area contributed by atoms with Crippen LogP contribution in [0.3, 0.4) is 0 Å². The predicted octanol–water partition coefficient (Wildman–Crippen LogP) is 1.70. The zero-order chi connectivity index (χ0) is 9.26. The van der Waals surface area contributed by atoms with Crippen LogP contribution in [0.25, 0.3) is 0 Å². The second kappa shape index (κ2) is 3.44. The molecule has 0 unspecified atom stereocenters. The highest BCUT2D eigenvalue weighted by Gasteiger charge is 2.23. The van der Waals surface area contributed by atoms with E-state index in [1.165, 1.54) is 5.56 Å². The Morgan fingerprint density at radius 1 is 1.54 bits per heavy atom. The van der Waals surface area contributed by atoms with Gasteiger partial charge in [0.1, 0.15) is 0 Å². The van der Waals surface area contributed by atoms with Gasteiger partial charge in [-0.25, -0.2) is 0 Å². The van der Waals surface area contributed by atoms with Crippen molar-refractivity contribution in [1.29, 1.82) is 0 Å². The molecule has 70 valence electrons. The smallest absolute Gasteiger partial charge is 0.0704 e. The Labute approximate surface area is 78.3 Å². The first-order valence-electron chi connectivity index (χ1n) is 4.55. The number of hydroxylamine groups is 2. The van der Waals surface area contributed by atoms with E-state index in [9.17, 15) is 0 Å². The van der Waals surface area contributed by atoms with Gasteiger partial charge in [0.15, 0.2) is 0 Å². The molecule has 0 radical (unpaired) electrons. The van der Waals surface area contributed by atoms with E-state index in [0.717, 1.165) is 18.7 Å². The molecule has 0 bridgehead atoms. The van der Waals surface area contributed by atoms with Crippen LogP contribution in [-0.2, 0) is 4.84 Å². The molecular formula is C10H14N2O. The van der Waals surface area contributed by atoms with Gasteiger partial charge in [-0.15, -0.1) is 0 Å². The largest absolute Gasteiger partial charge is 0.299 e. The molecule has 1 aromatic heterocycles. The summed E-state index contributed by atoms with van der Waals surface area (Å²) in [5.74, 6) is 0. The highest BCUT2D eigenvalue weighted by Crippen LogP contribution is 2.27. The van der Waals surface area contributed by atoms with Gasteiger partial charge in [-0.3, -0.25) is 9.82 Å². The fourth-order valence-corrected chi connectivity index (χ4v) is 1.63. The van der Waals surface area contributed by atoms with Crippen molar-refractivity contribution in [3.63, 3.8) is 0 Å². The number of rotatable bonds is 1. The maximum Gasteiger partial charge on any atom is 0.0704 e. The monoisotopic (exact) mass is 178 g/mol. The van der Waals surface area contributed by atoms with Gasteiger partial charge in [0, 0.05) is 18.9 Å². The van der Waals surface area contributed by atoms with Crippen LogP contribution in [0.15, 0.2) is 18.3 Å². The van der Waals surface area contributed by atoms with E-state index < -0.39 is 0 Å². The first kappa shape index (κ1) is 8.66. The quantitative estimate of drug-likeness (QED) is 0.654. The minimum atomic E-state index is 0.382. The van der Waals surface area contributed by atoms with E-state index in [2.05, 4.69) is 11.1 Å². The zero-order valence-corrected chi connectivity index (χ0v) is 8.03. The van der Waals surface area contributed by atoms with Gasteiger partial charge in [0.25, 0.3) is 0 Å². The van der Waals surface area contributed by atoms with E-state index in [0.29, 0.717) is 6.04 Å². The molecule has 3 heteroatoms. The summed E-state index contributed by atoms with van der Waals surface area (Å²) >= 11 is 0. The summed E-state index contributed by atoms with van der Waals surface area (Å²) in [7, 11) is 1.97. The van der Waals surface area contributed by atoms with Gasteiger partial charge >= 0.3 is 0 Å². The number of pyridine rings is 1. The van der Waals surface area contributed by atoms with Gasteiger partial charge in [-0.1, -0.05) is 6.07 Å². The molecule has 2 heterocycles. The lowest BCUT2D eigenvalue weighted by atomic mass is 10.1. The number of aryl methyl sites for hydroxylation is 1. The molecule has 1 saturated heterocycles. The number of aromatic nitrogens is 1. The first-order chi connectivity index (χ1) is 6.27. The Morgan fingerprint density at radius 3 is 2.92 bits per heavy atom. The Morgan fingerprint density at radius 2 is 2.38 bits per heavy atom. The van der Waals surface area contributed by atoms with E-state index >= 15 is 0 Å². The second-order valence-corrected chi connectivity index (χ2v) is 3.42. The molecule has 0 spiro atoms. The maximum atomic E-state index is 5.36. The van der Waals surface area contributed by atoms with Crippen LogP contribution < -0.4 is 0 Å². The van der Waals surface area contributed by atoms with Crippen molar-refractivity contribution >= 4 is 0 Å². The summed E-state index contributed by atoms with van der Waals surface area (Å²) in [6.45, 7) is 2.81. The molecule has 2 rings (SSSR count). The summed E-state index contributed by atoms with van der Waals surface area (Å²) in [5.41, 5.74) is 2.30. The summed E-state index contributed by atoms with van der Waals surface area (Å²) < 4.78 is 0. The first-order valence-corrected chi connectivity index (χ1v) is 4.55. The fraction of sp³-hybridized carbons (Fsp3) is 0.500. The Hall–Kier alpha value is -0.930. The van der Waals surface area contributed by atoms with E-state index in [4.69, 9.17) is 4.84 Å². The van der Waals surface area contributed by atoms with Gasteiger partial charge in [0.05, 0.1) is 12.6 Å². The van der Waals surface area contributed by atoms with Crippen molar-refractivity contribution in [2.75, 3.05) is 13.7 Å². The zero-order valence-electron chi connectivity index (χ0n) is 8.03. The van der Waals surface area contributed by atoms with Gasteiger partial charge in [-0.05, 0) is 25.0 Å². The average molecular weight is 178 g/mol. The summed E-state index contributed by atoms with van der Waals surface area (Å²) in [6, 6.07) is 4.55. The fourth-order valence-electron chi connectivity index (χ4n) is 1.63. The summed E-state index contributed by atoms with van der Waals surface area (Å²) in [4.78, 5) is 9.63. The lowest BCUT2D eigenvalue weighted by Crippen LogP contribution is -2.16. The lowest BCUT2D eigenvalue weighted by molar-refractivity contribution is -0.110. The van der Waals surface area contributed by atoms with E-state index in [1.54, 1.807) is 0 Å². The lowest BCUT2D eigenvalue weighted by Gasteiger charge is -2.17. The van der Waals surface area contributed by atoms with Crippen LogP contribution in [0.5, 0.6) is 0 Å². The number of hydrogen-bond donors (Lipinski definition) is 0. The third-order valence-electron chi connectivity index (χ3n) is 2.44. The molecule has 13 heavy (non-hydrogen) atoms. The molecule has 0 N–H and O–H groups in total. The molecule has 0 amide bonds. The molecule has 1 aliphatic rings. The second-order valence-electron chi connectivity index (χ2n) is 3.42. The van der Waals surface area contributed by atoms with Crippen LogP contribution >= 0.6 is 0 Å². The molecule has 3 nitrogen and oxygen atoms in total. The van der Waals surface area contributed by atoms with Crippen molar-refractivity contribution in [3.8, 4) is 0 Å². The maximum absolute atomic E-state index is 5.36. The van der Waals surface area contributed by atoms with Crippen molar-refractivity contribution in [1.82, 2.24) is 10.0 Å². The average Bonchev–Trinajstić information content (AvgIpc) is 2.53. The Balaban J connectivity index is 2.20. The van der Waals surface area contributed by atoms with E-state index in [-0.39, 0.29) is 0 Å². The van der Waals surface area contributed by atoms with Gasteiger partial charge < -0.3 is 0 Å². The molecule has 0 aromatic carbocycles. The third-order valence-corrected chi connectivity index (χ3v) is 2.44. The van der Waals surface area contributed by atoms with Gasteiger partial charge in [-0.2, -0.15) is 5.06 Å². The SMILES string of the molecule is Cc1ccc([C@@H]2CCON2C)cn1. The van der Waals surface area contributed by atoms with Crippen molar-refractivity contribution in [2.24, 2.45) is 0 Å². The summed E-state index contributed by atoms with van der Waals surface area (Å²) in [5, 5.41) is 1.91. The van der Waals surface area contributed by atoms with Crippen LogP contribution in [0.4, 0.5) is 0 Å². The topological polar surface area (TPSA) is 25.4 Å². The number of nitrogens with zero attached hydrogens (tertiary/aromatic N) is 2. The van der Waals surface area contributed by atoms with Crippen LogP contribution in [0, 0.1) is 6.92 Å². The molecule has 0 saturated carbocycles. The Bertz CT molecular complexity index is 283. The molecule has 1 fully saturated rings. The molecule has 1 aromatic rings. The van der Waals surface area contributed by atoms with E-state index in [1.807, 2.05) is 31.3 Å². The van der Waals surface area contributed by atoms with Crippen LogP contribution in [-0.4, -0.2) is 23.7 Å². The molecule has 0 aliphatic carbocycles. The highest BCUT2D eigenvalue weighted by molar-refractivity contribution is 5.17. The molecule has 1 atom stereocenters. The minimum Gasteiger partial charge on any atom is -0.299 e. The standard InChI is InChI=1S/C10H14N2O/c1-8-3-4-9(7-11-8)10-5-6-13-12(10)2/h3-4,7,10H,5-6H2,1-2H3/t10-/m0/s1. The van der Waals surface area contributed by atoms with Crippen molar-refractivity contribution in [3.05, 3.63) is 29.6 Å². The van der Waals surface area contributed by atoms with Crippen LogP contribution in [0.1, 0.15) is 23.7 Å². The predicted molar refractivity (Wildman–Crippen MR) is 50.0 cm³/mol. The van der Waals surface area contributed by atoms with Crippen molar-refractivity contribution in [2.45, 2.75) is 19.4 Å². The Kier molecular flexibility index (Phi) is 2.29. The number of hydrogen-bond acceptors (Lipinski definition) is 3. The minimum absolute atomic E-state index is 0.382. The molecule has 1 aliphatic heterocycles. The molecular weight excluding hydrogens is 164 g/mol. The highest BCUT2D eigenvalue weighted by atomic mass is 16.7. The third kappa shape index (κ3) is 1.71. The van der Waals surface area contributed by atoms with Gasteiger partial charge in [0.2, 0.25) is 0 Å². The van der Waals surface area contributed by atoms with Crippen LogP contribution in [0.2, 0.25) is 0 Å². The summed E-state index contributed by atoms with van der Waals surface area (Å²) in [6.07, 6.45) is 2.99. The normalized spacial score (nSPS) is 23.7.